The quantitative estimate of drug-likeness (QED) is 0.789. The van der Waals surface area contributed by atoms with Crippen molar-refractivity contribution in [1.29, 1.82) is 0 Å². The fourth-order valence-electron chi connectivity index (χ4n) is 2.62. The minimum atomic E-state index is 0.271. The van der Waals surface area contributed by atoms with Gasteiger partial charge in [-0.05, 0) is 36.9 Å². The van der Waals surface area contributed by atoms with Gasteiger partial charge in [-0.25, -0.2) is 9.67 Å². The number of anilines is 1. The molecule has 1 aliphatic rings. The smallest absolute Gasteiger partial charge is 0.222 e. The third-order valence-electron chi connectivity index (χ3n) is 3.62. The lowest BCUT2D eigenvalue weighted by molar-refractivity contribution is 0.487. The molecule has 0 aliphatic carbocycles. The van der Waals surface area contributed by atoms with E-state index in [2.05, 4.69) is 37.9 Å². The number of nitrogens with one attached hydrogen (secondary N) is 1. The number of pyridine rings is 1. The van der Waals surface area contributed by atoms with Crippen LogP contribution in [0.1, 0.15) is 23.0 Å². The van der Waals surface area contributed by atoms with Gasteiger partial charge in [0.05, 0.1) is 6.04 Å². The second kappa shape index (κ2) is 4.96. The molecule has 1 N–H and O–H groups in total. The first-order valence-electron chi connectivity index (χ1n) is 6.99. The van der Waals surface area contributed by atoms with Crippen LogP contribution in [0.4, 0.5) is 5.95 Å². The van der Waals surface area contributed by atoms with Crippen LogP contribution in [-0.4, -0.2) is 26.3 Å². The molecule has 5 nitrogen and oxygen atoms in total. The van der Waals surface area contributed by atoms with E-state index in [1.165, 1.54) is 4.88 Å². The van der Waals surface area contributed by atoms with Crippen molar-refractivity contribution >= 4 is 17.3 Å². The van der Waals surface area contributed by atoms with Crippen LogP contribution >= 0.6 is 11.3 Å². The molecule has 0 bridgehead atoms. The third-order valence-corrected chi connectivity index (χ3v) is 4.59. The van der Waals surface area contributed by atoms with Crippen molar-refractivity contribution in [2.75, 3.05) is 11.9 Å². The van der Waals surface area contributed by atoms with E-state index < -0.39 is 0 Å². The molecule has 3 aromatic rings. The van der Waals surface area contributed by atoms with E-state index in [4.69, 9.17) is 0 Å². The predicted octanol–water partition coefficient (Wildman–Crippen LogP) is 3.12. The van der Waals surface area contributed by atoms with E-state index in [0.29, 0.717) is 5.82 Å². The minimum Gasteiger partial charge on any atom is -0.354 e. The van der Waals surface area contributed by atoms with E-state index in [1.807, 2.05) is 29.8 Å². The van der Waals surface area contributed by atoms with Gasteiger partial charge >= 0.3 is 0 Å². The summed E-state index contributed by atoms with van der Waals surface area (Å²) in [5.41, 5.74) is 1.80. The van der Waals surface area contributed by atoms with Gasteiger partial charge < -0.3 is 5.32 Å². The van der Waals surface area contributed by atoms with Crippen molar-refractivity contribution < 1.29 is 0 Å². The molecule has 0 aromatic carbocycles. The summed E-state index contributed by atoms with van der Waals surface area (Å²) in [4.78, 5) is 10.4. The van der Waals surface area contributed by atoms with Crippen LogP contribution in [0.5, 0.6) is 0 Å². The van der Waals surface area contributed by atoms with E-state index in [1.54, 1.807) is 11.3 Å². The number of aryl methyl sites for hydroxylation is 1. The lowest BCUT2D eigenvalue weighted by Crippen LogP contribution is -2.24. The molecule has 0 fully saturated rings. The normalized spacial score (nSPS) is 17.3. The Kier molecular flexibility index (Phi) is 2.96. The maximum absolute atomic E-state index is 4.69. The zero-order valence-electron chi connectivity index (χ0n) is 11.7. The number of thiophene rings is 1. The van der Waals surface area contributed by atoms with Crippen LogP contribution in [0.15, 0.2) is 35.7 Å². The van der Waals surface area contributed by atoms with Gasteiger partial charge in [0.15, 0.2) is 0 Å². The molecular weight excluding hydrogens is 282 g/mol. The van der Waals surface area contributed by atoms with Crippen LogP contribution in [0, 0.1) is 6.92 Å². The van der Waals surface area contributed by atoms with E-state index in [0.717, 1.165) is 30.3 Å². The molecule has 0 amide bonds. The highest BCUT2D eigenvalue weighted by atomic mass is 32.1. The minimum absolute atomic E-state index is 0.271. The van der Waals surface area contributed by atoms with Gasteiger partial charge in [-0.1, -0.05) is 12.1 Å². The van der Waals surface area contributed by atoms with Gasteiger partial charge in [0.2, 0.25) is 11.8 Å². The van der Waals surface area contributed by atoms with Crippen LogP contribution in [0.2, 0.25) is 0 Å². The Bertz CT molecular complexity index is 762. The van der Waals surface area contributed by atoms with Crippen molar-refractivity contribution in [1.82, 2.24) is 19.7 Å². The molecular formula is C15H15N5S. The molecule has 6 heteroatoms. The van der Waals surface area contributed by atoms with Gasteiger partial charge in [-0.15, -0.1) is 16.4 Å². The van der Waals surface area contributed by atoms with Gasteiger partial charge in [-0.3, -0.25) is 0 Å². The van der Waals surface area contributed by atoms with E-state index in [-0.39, 0.29) is 6.04 Å². The number of hydrogen-bond donors (Lipinski definition) is 1. The maximum Gasteiger partial charge on any atom is 0.222 e. The summed E-state index contributed by atoms with van der Waals surface area (Å²) in [7, 11) is 0. The average Bonchev–Trinajstić information content (AvgIpc) is 3.16. The summed E-state index contributed by atoms with van der Waals surface area (Å²) in [6, 6.07) is 10.4. The highest BCUT2D eigenvalue weighted by Gasteiger charge is 2.25. The fraction of sp³-hybridized carbons (Fsp3) is 0.267. The summed E-state index contributed by atoms with van der Waals surface area (Å²) < 4.78 is 1.99. The van der Waals surface area contributed by atoms with Crippen LogP contribution in [0.25, 0.3) is 11.5 Å². The molecule has 0 spiro atoms. The van der Waals surface area contributed by atoms with Crippen molar-refractivity contribution in [2.45, 2.75) is 19.4 Å². The van der Waals surface area contributed by atoms with Crippen LogP contribution in [0.3, 0.4) is 0 Å². The number of nitrogens with zero attached hydrogens (tertiary/aromatic N) is 4. The summed E-state index contributed by atoms with van der Waals surface area (Å²) in [6.45, 7) is 2.90. The lowest BCUT2D eigenvalue weighted by atomic mass is 10.1. The van der Waals surface area contributed by atoms with Crippen molar-refractivity contribution in [3.05, 3.63) is 46.3 Å². The predicted molar refractivity (Wildman–Crippen MR) is 83.6 cm³/mol. The van der Waals surface area contributed by atoms with Crippen LogP contribution < -0.4 is 5.32 Å². The first-order valence-corrected chi connectivity index (χ1v) is 7.87. The third kappa shape index (κ3) is 2.21. The maximum atomic E-state index is 4.69. The Morgan fingerprint density at radius 3 is 3.00 bits per heavy atom. The first kappa shape index (κ1) is 12.5. The van der Waals surface area contributed by atoms with Crippen molar-refractivity contribution in [3.63, 3.8) is 0 Å². The standard InChI is InChI=1S/C15H15N5S/c1-10-4-2-5-11(17-10)14-18-15-16-8-7-12(20(15)19-14)13-6-3-9-21-13/h2-6,9,12H,7-8H2,1H3,(H,16,18,19). The van der Waals surface area contributed by atoms with E-state index >= 15 is 0 Å². The Morgan fingerprint density at radius 1 is 1.24 bits per heavy atom. The van der Waals surface area contributed by atoms with Gasteiger partial charge in [0.1, 0.15) is 5.69 Å². The second-order valence-electron chi connectivity index (χ2n) is 5.11. The Labute approximate surface area is 126 Å². The first-order chi connectivity index (χ1) is 10.3. The lowest BCUT2D eigenvalue weighted by Gasteiger charge is -2.23. The molecule has 106 valence electrons. The largest absolute Gasteiger partial charge is 0.354 e. The summed E-state index contributed by atoms with van der Waals surface area (Å²) in [6.07, 6.45) is 1.03. The molecule has 1 aliphatic heterocycles. The summed E-state index contributed by atoms with van der Waals surface area (Å²) in [5, 5.41) is 10.1. The average molecular weight is 297 g/mol. The zero-order valence-corrected chi connectivity index (χ0v) is 12.5. The molecule has 0 saturated carbocycles. The highest BCUT2D eigenvalue weighted by molar-refractivity contribution is 7.10. The van der Waals surface area contributed by atoms with Gasteiger partial charge in [0, 0.05) is 17.1 Å². The monoisotopic (exact) mass is 297 g/mol. The van der Waals surface area contributed by atoms with Crippen LogP contribution in [-0.2, 0) is 0 Å². The van der Waals surface area contributed by atoms with Gasteiger partial charge in [0.25, 0.3) is 0 Å². The van der Waals surface area contributed by atoms with Crippen molar-refractivity contribution in [3.8, 4) is 11.5 Å². The number of rotatable bonds is 2. The molecule has 4 heterocycles. The topological polar surface area (TPSA) is 55.6 Å². The zero-order chi connectivity index (χ0) is 14.2. The van der Waals surface area contributed by atoms with Gasteiger partial charge in [-0.2, -0.15) is 4.98 Å². The summed E-state index contributed by atoms with van der Waals surface area (Å²) in [5.74, 6) is 1.52. The molecule has 21 heavy (non-hydrogen) atoms. The highest BCUT2D eigenvalue weighted by Crippen LogP contribution is 2.32. The summed E-state index contributed by atoms with van der Waals surface area (Å²) >= 11 is 1.77. The van der Waals surface area contributed by atoms with E-state index in [9.17, 15) is 0 Å². The molecule has 0 radical (unpaired) electrons. The molecule has 1 atom stereocenters. The second-order valence-corrected chi connectivity index (χ2v) is 6.09. The SMILES string of the molecule is Cc1cccc(-c2nc3n(n2)C(c2cccs2)CCN3)n1. The Hall–Kier alpha value is -2.21. The number of fused-ring (bicyclic) bond motifs is 1. The molecule has 3 aromatic heterocycles. The number of hydrogen-bond acceptors (Lipinski definition) is 5. The molecule has 0 saturated heterocycles. The van der Waals surface area contributed by atoms with Crippen molar-refractivity contribution in [2.24, 2.45) is 0 Å². The molecule has 1 unspecified atom stereocenters. The fourth-order valence-corrected chi connectivity index (χ4v) is 3.47. The number of aromatic nitrogens is 4. The Balaban J connectivity index is 1.77. The Morgan fingerprint density at radius 2 is 2.19 bits per heavy atom. The molecule has 4 rings (SSSR count).